The molecule has 0 amide bonds. The van der Waals surface area contributed by atoms with Crippen LogP contribution in [-0.4, -0.2) is 44.4 Å². The van der Waals surface area contributed by atoms with Crippen LogP contribution in [0.1, 0.15) is 25.8 Å². The van der Waals surface area contributed by atoms with Crippen molar-refractivity contribution in [2.45, 2.75) is 32.9 Å². The lowest BCUT2D eigenvalue weighted by atomic mass is 10.2. The number of nitrogens with zero attached hydrogens (tertiary/aromatic N) is 2. The molecule has 2 aromatic rings. The maximum atomic E-state index is 5.96. The number of nitrogens with one attached hydrogen (secondary N) is 2. The van der Waals surface area contributed by atoms with Gasteiger partial charge >= 0.3 is 0 Å². The third-order valence-electron chi connectivity index (χ3n) is 3.92. The molecule has 1 heterocycles. The van der Waals surface area contributed by atoms with Crippen LogP contribution < -0.4 is 24.8 Å². The van der Waals surface area contributed by atoms with Crippen molar-refractivity contribution in [2.24, 2.45) is 4.99 Å². The van der Waals surface area contributed by atoms with Crippen LogP contribution in [0.5, 0.6) is 17.4 Å². The van der Waals surface area contributed by atoms with Gasteiger partial charge in [-0.2, -0.15) is 0 Å². The molecular weight excluding hydrogens is 356 g/mol. The highest BCUT2D eigenvalue weighted by atomic mass is 16.5. The number of ether oxygens (including phenoxy) is 3. The zero-order chi connectivity index (χ0) is 20.2. The van der Waals surface area contributed by atoms with E-state index in [1.807, 2.05) is 43.3 Å². The molecule has 0 fully saturated rings. The Morgan fingerprint density at radius 3 is 2.64 bits per heavy atom. The van der Waals surface area contributed by atoms with Crippen LogP contribution in [0.15, 0.2) is 47.6 Å². The van der Waals surface area contributed by atoms with Gasteiger partial charge in [-0.25, -0.2) is 4.98 Å². The monoisotopic (exact) mass is 386 g/mol. The molecule has 2 rings (SSSR count). The summed E-state index contributed by atoms with van der Waals surface area (Å²) in [6.07, 6.45) is 2.60. The molecule has 1 aromatic heterocycles. The van der Waals surface area contributed by atoms with Gasteiger partial charge in [-0.3, -0.25) is 4.99 Å². The average Bonchev–Trinajstić information content (AvgIpc) is 2.73. The van der Waals surface area contributed by atoms with Crippen molar-refractivity contribution in [1.29, 1.82) is 0 Å². The van der Waals surface area contributed by atoms with Crippen molar-refractivity contribution in [2.75, 3.05) is 27.3 Å². The van der Waals surface area contributed by atoms with Gasteiger partial charge in [0, 0.05) is 25.4 Å². The first-order chi connectivity index (χ1) is 13.7. The van der Waals surface area contributed by atoms with Crippen molar-refractivity contribution in [3.8, 4) is 17.4 Å². The van der Waals surface area contributed by atoms with Crippen molar-refractivity contribution in [3.05, 3.63) is 48.2 Å². The summed E-state index contributed by atoms with van der Waals surface area (Å²) < 4.78 is 17.0. The van der Waals surface area contributed by atoms with Gasteiger partial charge in [-0.05, 0) is 31.5 Å². The molecule has 0 radical (unpaired) electrons. The van der Waals surface area contributed by atoms with E-state index in [0.717, 1.165) is 17.7 Å². The van der Waals surface area contributed by atoms with E-state index in [1.165, 1.54) is 0 Å². The Balaban J connectivity index is 1.85. The number of para-hydroxylation sites is 2. The molecule has 0 aliphatic heterocycles. The minimum absolute atomic E-state index is 0.0725. The maximum Gasteiger partial charge on any atom is 0.218 e. The summed E-state index contributed by atoms with van der Waals surface area (Å²) in [5.41, 5.74) is 0.984. The molecule has 1 unspecified atom stereocenters. The first-order valence-corrected chi connectivity index (χ1v) is 9.48. The predicted molar refractivity (Wildman–Crippen MR) is 111 cm³/mol. The first-order valence-electron chi connectivity index (χ1n) is 9.48. The summed E-state index contributed by atoms with van der Waals surface area (Å²) in [5, 5.41) is 6.55. The van der Waals surface area contributed by atoms with Gasteiger partial charge < -0.3 is 24.8 Å². The fraction of sp³-hybridized carbons (Fsp3) is 0.429. The fourth-order valence-electron chi connectivity index (χ4n) is 2.50. The maximum absolute atomic E-state index is 5.96. The van der Waals surface area contributed by atoms with Crippen LogP contribution in [0, 0.1) is 0 Å². The second-order valence-electron chi connectivity index (χ2n) is 6.20. The van der Waals surface area contributed by atoms with Crippen molar-refractivity contribution >= 4 is 5.96 Å². The van der Waals surface area contributed by atoms with Gasteiger partial charge in [0.2, 0.25) is 5.88 Å². The van der Waals surface area contributed by atoms with Gasteiger partial charge in [0.15, 0.2) is 17.5 Å². The number of guanidine groups is 1. The lowest BCUT2D eigenvalue weighted by Crippen LogP contribution is -2.41. The molecule has 1 atom stereocenters. The molecule has 1 aromatic carbocycles. The number of methoxy groups -OCH3 is 1. The van der Waals surface area contributed by atoms with Crippen LogP contribution in [0.2, 0.25) is 0 Å². The quantitative estimate of drug-likeness (QED) is 0.483. The van der Waals surface area contributed by atoms with E-state index in [-0.39, 0.29) is 6.10 Å². The minimum atomic E-state index is -0.0725. The molecule has 7 heteroatoms. The van der Waals surface area contributed by atoms with Gasteiger partial charge in [0.25, 0.3) is 0 Å². The first kappa shape index (κ1) is 21.3. The third kappa shape index (κ3) is 6.64. The highest BCUT2D eigenvalue weighted by molar-refractivity contribution is 5.79. The summed E-state index contributed by atoms with van der Waals surface area (Å²) in [4.78, 5) is 8.56. The Morgan fingerprint density at radius 1 is 1.14 bits per heavy atom. The summed E-state index contributed by atoms with van der Waals surface area (Å²) in [7, 11) is 3.37. The van der Waals surface area contributed by atoms with Crippen molar-refractivity contribution in [1.82, 2.24) is 15.6 Å². The molecule has 2 N–H and O–H groups in total. The van der Waals surface area contributed by atoms with E-state index in [4.69, 9.17) is 14.2 Å². The molecule has 0 saturated heterocycles. The fourth-order valence-corrected chi connectivity index (χ4v) is 2.50. The van der Waals surface area contributed by atoms with Gasteiger partial charge in [0.05, 0.1) is 20.3 Å². The van der Waals surface area contributed by atoms with E-state index in [9.17, 15) is 0 Å². The number of pyridine rings is 1. The Kier molecular flexibility index (Phi) is 8.91. The number of aromatic nitrogens is 1. The van der Waals surface area contributed by atoms with Crippen LogP contribution in [0.25, 0.3) is 0 Å². The number of hydrogen-bond acceptors (Lipinski definition) is 5. The number of aliphatic imine (C=N–C) groups is 1. The summed E-state index contributed by atoms with van der Waals surface area (Å²) in [6.45, 7) is 5.86. The molecule has 0 bridgehead atoms. The van der Waals surface area contributed by atoms with Gasteiger partial charge in [0.1, 0.15) is 6.10 Å². The Labute approximate surface area is 167 Å². The minimum Gasteiger partial charge on any atom is -0.493 e. The predicted octanol–water partition coefficient (Wildman–Crippen LogP) is 3.01. The molecular formula is C21H30N4O3. The summed E-state index contributed by atoms with van der Waals surface area (Å²) in [6, 6.07) is 11.5. The second kappa shape index (κ2) is 11.7. The van der Waals surface area contributed by atoms with Crippen molar-refractivity contribution < 1.29 is 14.2 Å². The SMILES string of the molecule is CCCOc1ncccc1CNC(=NC)NCC(C)Oc1ccccc1OC. The molecule has 0 aliphatic carbocycles. The third-order valence-corrected chi connectivity index (χ3v) is 3.92. The Morgan fingerprint density at radius 2 is 1.93 bits per heavy atom. The second-order valence-corrected chi connectivity index (χ2v) is 6.20. The Hall–Kier alpha value is -2.96. The normalized spacial score (nSPS) is 12.2. The lowest BCUT2D eigenvalue weighted by molar-refractivity contribution is 0.213. The van der Waals surface area contributed by atoms with E-state index < -0.39 is 0 Å². The summed E-state index contributed by atoms with van der Waals surface area (Å²) >= 11 is 0. The topological polar surface area (TPSA) is 77.0 Å². The van der Waals surface area contributed by atoms with Crippen LogP contribution in [0.3, 0.4) is 0 Å². The van der Waals surface area contributed by atoms with E-state index >= 15 is 0 Å². The van der Waals surface area contributed by atoms with E-state index in [0.29, 0.717) is 37.3 Å². The zero-order valence-electron chi connectivity index (χ0n) is 17.1. The molecule has 7 nitrogen and oxygen atoms in total. The molecule has 0 saturated carbocycles. The average molecular weight is 386 g/mol. The molecule has 0 spiro atoms. The molecule has 152 valence electrons. The molecule has 28 heavy (non-hydrogen) atoms. The van der Waals surface area contributed by atoms with Gasteiger partial charge in [-0.1, -0.05) is 25.1 Å². The number of rotatable bonds is 10. The Bertz CT molecular complexity index is 752. The van der Waals surface area contributed by atoms with Gasteiger partial charge in [-0.15, -0.1) is 0 Å². The van der Waals surface area contributed by atoms with Crippen LogP contribution >= 0.6 is 0 Å². The summed E-state index contributed by atoms with van der Waals surface area (Å²) in [5.74, 6) is 2.77. The number of hydrogen-bond donors (Lipinski definition) is 2. The molecule has 0 aliphatic rings. The van der Waals surface area contributed by atoms with Crippen LogP contribution in [-0.2, 0) is 6.54 Å². The zero-order valence-corrected chi connectivity index (χ0v) is 17.1. The van der Waals surface area contributed by atoms with E-state index in [2.05, 4.69) is 27.5 Å². The van der Waals surface area contributed by atoms with E-state index in [1.54, 1.807) is 20.4 Å². The standard InChI is InChI=1S/C21H30N4O3/c1-5-13-27-20-17(9-8-12-23-20)15-25-21(22-3)24-14-16(2)28-19-11-7-6-10-18(19)26-4/h6-12,16H,5,13-15H2,1-4H3,(H2,22,24,25). The largest absolute Gasteiger partial charge is 0.493 e. The number of benzene rings is 1. The highest BCUT2D eigenvalue weighted by Crippen LogP contribution is 2.26. The van der Waals surface area contributed by atoms with Crippen molar-refractivity contribution in [3.63, 3.8) is 0 Å². The lowest BCUT2D eigenvalue weighted by Gasteiger charge is -2.19. The smallest absolute Gasteiger partial charge is 0.218 e. The van der Waals surface area contributed by atoms with Crippen LogP contribution in [0.4, 0.5) is 0 Å². The highest BCUT2D eigenvalue weighted by Gasteiger charge is 2.10.